The lowest BCUT2D eigenvalue weighted by atomic mass is 9.70. The second-order valence-electron chi connectivity index (χ2n) is 6.80. The maximum atomic E-state index is 12.3. The summed E-state index contributed by atoms with van der Waals surface area (Å²) in [5.41, 5.74) is 1.05. The van der Waals surface area contributed by atoms with E-state index in [4.69, 9.17) is 5.11 Å². The van der Waals surface area contributed by atoms with E-state index in [1.807, 2.05) is 6.92 Å². The van der Waals surface area contributed by atoms with Crippen molar-refractivity contribution < 1.29 is 18.3 Å². The van der Waals surface area contributed by atoms with Gasteiger partial charge in [0.25, 0.3) is 0 Å². The summed E-state index contributed by atoms with van der Waals surface area (Å²) in [5.74, 6) is -0.0251. The fourth-order valence-electron chi connectivity index (χ4n) is 3.41. The SMILES string of the molecule is CC1=C[C@@H](CNS(=O)(=O)c2cccs2)[C@H](C(C)C)C[C@H]1CC(=O)O. The van der Waals surface area contributed by atoms with Gasteiger partial charge in [-0.25, -0.2) is 13.1 Å². The molecule has 0 saturated heterocycles. The Morgan fingerprint density at radius 2 is 2.17 bits per heavy atom. The molecule has 7 heteroatoms. The Morgan fingerprint density at radius 3 is 2.71 bits per heavy atom. The minimum absolute atomic E-state index is 0.0417. The molecular weight excluding hydrogens is 346 g/mol. The third kappa shape index (κ3) is 4.68. The highest BCUT2D eigenvalue weighted by molar-refractivity contribution is 7.91. The Bertz CT molecular complexity index is 692. The molecule has 5 nitrogen and oxygen atoms in total. The van der Waals surface area contributed by atoms with Crippen LogP contribution in [0.4, 0.5) is 0 Å². The number of hydrogen-bond donors (Lipinski definition) is 2. The normalized spacial score (nSPS) is 24.8. The Kier molecular flexibility index (Phi) is 6.22. The molecule has 0 radical (unpaired) electrons. The lowest BCUT2D eigenvalue weighted by Crippen LogP contribution is -2.36. The van der Waals surface area contributed by atoms with E-state index in [-0.39, 0.29) is 24.2 Å². The fourth-order valence-corrected chi connectivity index (χ4v) is 5.52. The van der Waals surface area contributed by atoms with Gasteiger partial charge in [0.2, 0.25) is 10.0 Å². The van der Waals surface area contributed by atoms with Crippen LogP contribution in [0.1, 0.15) is 33.6 Å². The molecule has 1 aromatic rings. The zero-order chi connectivity index (χ0) is 17.9. The maximum absolute atomic E-state index is 12.3. The first-order chi connectivity index (χ1) is 11.2. The van der Waals surface area contributed by atoms with Crippen LogP contribution in [0.5, 0.6) is 0 Å². The van der Waals surface area contributed by atoms with Gasteiger partial charge >= 0.3 is 5.97 Å². The molecule has 0 aliphatic heterocycles. The zero-order valence-corrected chi connectivity index (χ0v) is 15.9. The highest BCUT2D eigenvalue weighted by atomic mass is 32.2. The van der Waals surface area contributed by atoms with E-state index in [0.717, 1.165) is 12.0 Å². The van der Waals surface area contributed by atoms with Crippen molar-refractivity contribution in [2.75, 3.05) is 6.54 Å². The van der Waals surface area contributed by atoms with Crippen LogP contribution in [0.2, 0.25) is 0 Å². The van der Waals surface area contributed by atoms with Crippen LogP contribution in [0, 0.1) is 23.7 Å². The molecule has 3 atom stereocenters. The van der Waals surface area contributed by atoms with Crippen molar-refractivity contribution in [3.05, 3.63) is 29.2 Å². The molecule has 2 N–H and O–H groups in total. The number of aliphatic carboxylic acids is 1. The summed E-state index contributed by atoms with van der Waals surface area (Å²) in [6, 6.07) is 3.31. The number of carboxylic acids is 1. The van der Waals surface area contributed by atoms with Crippen LogP contribution in [-0.2, 0) is 14.8 Å². The van der Waals surface area contributed by atoms with Crippen molar-refractivity contribution in [3.8, 4) is 0 Å². The molecule has 1 heterocycles. The lowest BCUT2D eigenvalue weighted by Gasteiger charge is -2.36. The van der Waals surface area contributed by atoms with Crippen LogP contribution in [0.15, 0.2) is 33.4 Å². The molecule has 0 saturated carbocycles. The average Bonchev–Trinajstić information content (AvgIpc) is 3.01. The van der Waals surface area contributed by atoms with Crippen molar-refractivity contribution in [1.29, 1.82) is 0 Å². The maximum Gasteiger partial charge on any atom is 0.303 e. The van der Waals surface area contributed by atoms with Gasteiger partial charge in [-0.05, 0) is 48.5 Å². The summed E-state index contributed by atoms with van der Waals surface area (Å²) in [5, 5.41) is 10.8. The largest absolute Gasteiger partial charge is 0.481 e. The highest BCUT2D eigenvalue weighted by Crippen LogP contribution is 2.38. The molecule has 0 unspecified atom stereocenters. The smallest absolute Gasteiger partial charge is 0.303 e. The van der Waals surface area contributed by atoms with Gasteiger partial charge in [-0.2, -0.15) is 0 Å². The van der Waals surface area contributed by atoms with Crippen LogP contribution >= 0.6 is 11.3 Å². The van der Waals surface area contributed by atoms with E-state index in [0.29, 0.717) is 16.7 Å². The lowest BCUT2D eigenvalue weighted by molar-refractivity contribution is -0.138. The van der Waals surface area contributed by atoms with Crippen molar-refractivity contribution in [1.82, 2.24) is 4.72 Å². The predicted octanol–water partition coefficient (Wildman–Crippen LogP) is 3.36. The monoisotopic (exact) mass is 371 g/mol. The standard InChI is InChI=1S/C17H25NO4S2/c1-11(2)15-8-13(9-16(19)20)12(3)7-14(15)10-18-24(21,22)17-5-4-6-23-17/h4-7,11,13-15,18H,8-10H2,1-3H3,(H,19,20)/t13-,14-,15-/m0/s1. The summed E-state index contributed by atoms with van der Waals surface area (Å²) in [6.45, 7) is 6.51. The summed E-state index contributed by atoms with van der Waals surface area (Å²) in [4.78, 5) is 11.0. The molecule has 1 aliphatic rings. The number of carboxylic acid groups (broad SMARTS) is 1. The van der Waals surface area contributed by atoms with Crippen LogP contribution in [0.3, 0.4) is 0 Å². The number of hydrogen-bond acceptors (Lipinski definition) is 4. The van der Waals surface area contributed by atoms with Gasteiger partial charge in [-0.3, -0.25) is 4.79 Å². The summed E-state index contributed by atoms with van der Waals surface area (Å²) >= 11 is 1.20. The first-order valence-corrected chi connectivity index (χ1v) is 10.5. The number of nitrogens with one attached hydrogen (secondary N) is 1. The highest BCUT2D eigenvalue weighted by Gasteiger charge is 2.33. The number of rotatable bonds is 7. The predicted molar refractivity (Wildman–Crippen MR) is 95.4 cm³/mol. The summed E-state index contributed by atoms with van der Waals surface area (Å²) < 4.78 is 27.6. The quantitative estimate of drug-likeness (QED) is 0.720. The van der Waals surface area contributed by atoms with Crippen LogP contribution in [-0.4, -0.2) is 26.0 Å². The summed E-state index contributed by atoms with van der Waals surface area (Å²) in [7, 11) is -3.47. The summed E-state index contributed by atoms with van der Waals surface area (Å²) in [6.07, 6.45) is 3.00. The Labute approximate surface area is 147 Å². The van der Waals surface area contributed by atoms with E-state index in [2.05, 4.69) is 24.6 Å². The van der Waals surface area contributed by atoms with Gasteiger partial charge < -0.3 is 5.11 Å². The molecule has 2 rings (SSSR count). The average molecular weight is 372 g/mol. The molecule has 0 fully saturated rings. The molecule has 1 aliphatic carbocycles. The van der Waals surface area contributed by atoms with Gasteiger partial charge in [-0.15, -0.1) is 11.3 Å². The second kappa shape index (κ2) is 7.80. The third-order valence-corrected chi connectivity index (χ3v) is 7.59. The van der Waals surface area contributed by atoms with Gasteiger partial charge in [-0.1, -0.05) is 31.6 Å². The number of sulfonamides is 1. The van der Waals surface area contributed by atoms with E-state index in [1.165, 1.54) is 11.3 Å². The molecule has 0 amide bonds. The Morgan fingerprint density at radius 1 is 1.46 bits per heavy atom. The van der Waals surface area contributed by atoms with Crippen molar-refractivity contribution in [2.24, 2.45) is 23.7 Å². The molecule has 0 spiro atoms. The van der Waals surface area contributed by atoms with E-state index in [9.17, 15) is 13.2 Å². The zero-order valence-electron chi connectivity index (χ0n) is 14.2. The number of allylic oxidation sites excluding steroid dienone is 1. The van der Waals surface area contributed by atoms with Crippen molar-refractivity contribution in [2.45, 2.75) is 37.8 Å². The Balaban J connectivity index is 2.12. The topological polar surface area (TPSA) is 83.5 Å². The number of thiophene rings is 1. The van der Waals surface area contributed by atoms with E-state index < -0.39 is 16.0 Å². The molecule has 1 aromatic heterocycles. The Hall–Kier alpha value is -1.18. The molecular formula is C17H25NO4S2. The van der Waals surface area contributed by atoms with E-state index in [1.54, 1.807) is 17.5 Å². The minimum Gasteiger partial charge on any atom is -0.481 e. The molecule has 134 valence electrons. The van der Waals surface area contributed by atoms with Crippen LogP contribution in [0.25, 0.3) is 0 Å². The minimum atomic E-state index is -3.47. The van der Waals surface area contributed by atoms with Crippen molar-refractivity contribution in [3.63, 3.8) is 0 Å². The first kappa shape index (κ1) is 19.1. The second-order valence-corrected chi connectivity index (χ2v) is 9.74. The van der Waals surface area contributed by atoms with Crippen molar-refractivity contribution >= 4 is 27.3 Å². The first-order valence-electron chi connectivity index (χ1n) is 8.14. The van der Waals surface area contributed by atoms with Gasteiger partial charge in [0.05, 0.1) is 6.42 Å². The molecule has 24 heavy (non-hydrogen) atoms. The van der Waals surface area contributed by atoms with E-state index >= 15 is 0 Å². The van der Waals surface area contributed by atoms with Gasteiger partial charge in [0.15, 0.2) is 0 Å². The fraction of sp³-hybridized carbons (Fsp3) is 0.588. The third-order valence-electron chi connectivity index (χ3n) is 4.77. The molecule has 0 bridgehead atoms. The number of carbonyl (C=O) groups is 1. The van der Waals surface area contributed by atoms with Gasteiger partial charge in [0, 0.05) is 6.54 Å². The molecule has 0 aromatic carbocycles. The van der Waals surface area contributed by atoms with Gasteiger partial charge in [0.1, 0.15) is 4.21 Å². The van der Waals surface area contributed by atoms with Crippen LogP contribution < -0.4 is 4.72 Å².